The van der Waals surface area contributed by atoms with Crippen molar-refractivity contribution >= 4 is 11.6 Å². The third-order valence-corrected chi connectivity index (χ3v) is 3.17. The summed E-state index contributed by atoms with van der Waals surface area (Å²) in [6.45, 7) is 7.87. The van der Waals surface area contributed by atoms with Crippen LogP contribution >= 0.6 is 0 Å². The SMILES string of the molecule is Cc1cc(C)c(C(=O)NC(CO)CC(C)C)cc1N. The first-order chi connectivity index (χ1) is 8.85. The van der Waals surface area contributed by atoms with E-state index in [2.05, 4.69) is 19.2 Å². The zero-order valence-corrected chi connectivity index (χ0v) is 12.2. The molecular weight excluding hydrogens is 240 g/mol. The lowest BCUT2D eigenvalue weighted by atomic mass is 10.0. The fourth-order valence-electron chi connectivity index (χ4n) is 2.12. The van der Waals surface area contributed by atoms with Gasteiger partial charge in [-0.05, 0) is 43.4 Å². The predicted molar refractivity (Wildman–Crippen MR) is 78.1 cm³/mol. The van der Waals surface area contributed by atoms with Crippen molar-refractivity contribution in [1.29, 1.82) is 0 Å². The van der Waals surface area contributed by atoms with Crippen molar-refractivity contribution in [2.24, 2.45) is 5.92 Å². The smallest absolute Gasteiger partial charge is 0.251 e. The van der Waals surface area contributed by atoms with Crippen LogP contribution in [0.15, 0.2) is 12.1 Å². The Labute approximate surface area is 115 Å². The molecule has 0 saturated carbocycles. The fraction of sp³-hybridized carbons (Fsp3) is 0.533. The second-order valence-corrected chi connectivity index (χ2v) is 5.51. The van der Waals surface area contributed by atoms with Gasteiger partial charge in [0.15, 0.2) is 0 Å². The maximum atomic E-state index is 12.2. The number of nitrogens with one attached hydrogen (secondary N) is 1. The minimum atomic E-state index is -0.213. The molecule has 1 aromatic carbocycles. The van der Waals surface area contributed by atoms with Crippen molar-refractivity contribution in [1.82, 2.24) is 5.32 Å². The van der Waals surface area contributed by atoms with E-state index in [1.165, 1.54) is 0 Å². The number of aliphatic hydroxyl groups excluding tert-OH is 1. The number of hydrogen-bond acceptors (Lipinski definition) is 3. The molecule has 4 N–H and O–H groups in total. The minimum Gasteiger partial charge on any atom is -0.398 e. The van der Waals surface area contributed by atoms with Crippen molar-refractivity contribution in [3.8, 4) is 0 Å². The standard InChI is InChI=1S/C15H24N2O2/c1-9(2)5-12(8-18)17-15(19)13-7-14(16)11(4)6-10(13)3/h6-7,9,12,18H,5,8,16H2,1-4H3,(H,17,19). The average molecular weight is 264 g/mol. The molecule has 106 valence electrons. The van der Waals surface area contributed by atoms with Crippen molar-refractivity contribution in [2.45, 2.75) is 40.2 Å². The van der Waals surface area contributed by atoms with Gasteiger partial charge in [-0.2, -0.15) is 0 Å². The number of aliphatic hydroxyl groups is 1. The van der Waals surface area contributed by atoms with E-state index in [1.54, 1.807) is 6.07 Å². The van der Waals surface area contributed by atoms with E-state index in [9.17, 15) is 9.90 Å². The van der Waals surface area contributed by atoms with Gasteiger partial charge in [-0.3, -0.25) is 4.79 Å². The molecule has 0 radical (unpaired) electrons. The predicted octanol–water partition coefficient (Wildman–Crippen LogP) is 2.02. The summed E-state index contributed by atoms with van der Waals surface area (Å²) in [7, 11) is 0. The van der Waals surface area contributed by atoms with Gasteiger partial charge < -0.3 is 16.2 Å². The van der Waals surface area contributed by atoms with Crippen LogP contribution < -0.4 is 11.1 Å². The molecule has 1 rings (SSSR count). The first kappa shape index (κ1) is 15.5. The van der Waals surface area contributed by atoms with Gasteiger partial charge in [0.1, 0.15) is 0 Å². The highest BCUT2D eigenvalue weighted by atomic mass is 16.3. The van der Waals surface area contributed by atoms with Gasteiger partial charge in [0.05, 0.1) is 12.6 Å². The molecule has 0 bridgehead atoms. The zero-order chi connectivity index (χ0) is 14.6. The lowest BCUT2D eigenvalue weighted by molar-refractivity contribution is 0.0908. The molecule has 0 aliphatic heterocycles. The number of amides is 1. The number of benzene rings is 1. The van der Waals surface area contributed by atoms with E-state index in [1.807, 2.05) is 19.9 Å². The molecule has 0 aliphatic rings. The second kappa shape index (κ2) is 6.57. The van der Waals surface area contributed by atoms with Crippen LogP contribution in [0.3, 0.4) is 0 Å². The maximum absolute atomic E-state index is 12.2. The topological polar surface area (TPSA) is 75.3 Å². The normalized spacial score (nSPS) is 12.5. The molecular formula is C15H24N2O2. The molecule has 0 saturated heterocycles. The first-order valence-electron chi connectivity index (χ1n) is 6.63. The van der Waals surface area contributed by atoms with E-state index >= 15 is 0 Å². The summed E-state index contributed by atoms with van der Waals surface area (Å²) in [6, 6.07) is 3.39. The number of nitrogens with two attached hydrogens (primary N) is 1. The van der Waals surface area contributed by atoms with Crippen molar-refractivity contribution in [3.05, 3.63) is 28.8 Å². The summed E-state index contributed by atoms with van der Waals surface area (Å²) in [6.07, 6.45) is 0.753. The Morgan fingerprint density at radius 2 is 1.95 bits per heavy atom. The van der Waals surface area contributed by atoms with E-state index in [0.717, 1.165) is 17.5 Å². The van der Waals surface area contributed by atoms with E-state index in [0.29, 0.717) is 17.2 Å². The number of carbonyl (C=O) groups is 1. The van der Waals surface area contributed by atoms with Crippen LogP contribution in [0.25, 0.3) is 0 Å². The Morgan fingerprint density at radius 3 is 2.47 bits per heavy atom. The van der Waals surface area contributed by atoms with Crippen LogP contribution in [0.1, 0.15) is 41.8 Å². The highest BCUT2D eigenvalue weighted by Crippen LogP contribution is 2.18. The first-order valence-corrected chi connectivity index (χ1v) is 6.63. The molecule has 0 spiro atoms. The van der Waals surface area contributed by atoms with E-state index in [4.69, 9.17) is 5.73 Å². The Kier molecular flexibility index (Phi) is 5.36. The largest absolute Gasteiger partial charge is 0.398 e. The van der Waals surface area contributed by atoms with Gasteiger partial charge in [0.2, 0.25) is 0 Å². The fourth-order valence-corrected chi connectivity index (χ4v) is 2.12. The Hall–Kier alpha value is -1.55. The molecule has 19 heavy (non-hydrogen) atoms. The number of hydrogen-bond donors (Lipinski definition) is 3. The van der Waals surface area contributed by atoms with Gasteiger partial charge in [-0.15, -0.1) is 0 Å². The van der Waals surface area contributed by atoms with Crippen molar-refractivity contribution in [2.75, 3.05) is 12.3 Å². The lowest BCUT2D eigenvalue weighted by Gasteiger charge is -2.19. The molecule has 4 nitrogen and oxygen atoms in total. The summed E-state index contributed by atoms with van der Waals surface area (Å²) in [4.78, 5) is 12.2. The highest BCUT2D eigenvalue weighted by molar-refractivity contribution is 5.96. The van der Waals surface area contributed by atoms with Crippen LogP contribution in [0.4, 0.5) is 5.69 Å². The van der Waals surface area contributed by atoms with Gasteiger partial charge in [-0.25, -0.2) is 0 Å². The van der Waals surface area contributed by atoms with E-state index in [-0.39, 0.29) is 18.6 Å². The minimum absolute atomic E-state index is 0.0513. The molecule has 0 aliphatic carbocycles. The molecule has 0 aromatic heterocycles. The highest BCUT2D eigenvalue weighted by Gasteiger charge is 2.16. The number of carbonyl (C=O) groups excluding carboxylic acids is 1. The summed E-state index contributed by atoms with van der Waals surface area (Å²) >= 11 is 0. The second-order valence-electron chi connectivity index (χ2n) is 5.51. The van der Waals surface area contributed by atoms with Crippen LogP contribution in [0, 0.1) is 19.8 Å². The van der Waals surface area contributed by atoms with Crippen LogP contribution in [0.5, 0.6) is 0 Å². The third kappa shape index (κ3) is 4.24. The average Bonchev–Trinajstić information content (AvgIpc) is 2.32. The monoisotopic (exact) mass is 264 g/mol. The summed E-state index contributed by atoms with van der Waals surface area (Å²) in [5.41, 5.74) is 8.89. The summed E-state index contributed by atoms with van der Waals surface area (Å²) < 4.78 is 0. The third-order valence-electron chi connectivity index (χ3n) is 3.17. The Bertz CT molecular complexity index is 456. The molecule has 0 heterocycles. The van der Waals surface area contributed by atoms with Crippen LogP contribution in [-0.2, 0) is 0 Å². The summed E-state index contributed by atoms with van der Waals surface area (Å²) in [5, 5.41) is 12.2. The Morgan fingerprint density at radius 1 is 1.32 bits per heavy atom. The molecule has 1 atom stereocenters. The molecule has 1 unspecified atom stereocenters. The number of aryl methyl sites for hydroxylation is 2. The number of nitrogen functional groups attached to an aromatic ring is 1. The quantitative estimate of drug-likeness (QED) is 0.712. The molecule has 1 aromatic rings. The van der Waals surface area contributed by atoms with Gasteiger partial charge in [-0.1, -0.05) is 19.9 Å². The maximum Gasteiger partial charge on any atom is 0.251 e. The lowest BCUT2D eigenvalue weighted by Crippen LogP contribution is -2.38. The number of rotatable bonds is 5. The van der Waals surface area contributed by atoms with Crippen LogP contribution in [-0.4, -0.2) is 23.7 Å². The van der Waals surface area contributed by atoms with Gasteiger partial charge in [0.25, 0.3) is 5.91 Å². The van der Waals surface area contributed by atoms with Crippen LogP contribution in [0.2, 0.25) is 0 Å². The van der Waals surface area contributed by atoms with Gasteiger partial charge >= 0.3 is 0 Å². The van der Waals surface area contributed by atoms with Crippen molar-refractivity contribution < 1.29 is 9.90 Å². The summed E-state index contributed by atoms with van der Waals surface area (Å²) in [5.74, 6) is 0.241. The number of anilines is 1. The molecule has 4 heteroatoms. The zero-order valence-electron chi connectivity index (χ0n) is 12.2. The van der Waals surface area contributed by atoms with Gasteiger partial charge in [0, 0.05) is 11.3 Å². The molecule has 1 amide bonds. The Balaban J connectivity index is 2.85. The van der Waals surface area contributed by atoms with Crippen molar-refractivity contribution in [3.63, 3.8) is 0 Å². The van der Waals surface area contributed by atoms with E-state index < -0.39 is 0 Å². The molecule has 0 fully saturated rings.